The average Bonchev–Trinajstić information content (AvgIpc) is 2.40. The van der Waals surface area contributed by atoms with Crippen molar-refractivity contribution in [1.82, 2.24) is 0 Å². The molecule has 0 atom stereocenters. The van der Waals surface area contributed by atoms with Gasteiger partial charge in [-0.15, -0.1) is 0 Å². The molecule has 0 aliphatic heterocycles. The standard InChI is InChI=1S/C13H12ClNO5S2/c1-9-2-5-11(6-3-9)21(16,17)15-12-7-4-10(14)8-13(12)22(18,19)20/h2-8,15H,1H3,(H,18,19,20). The lowest BCUT2D eigenvalue weighted by molar-refractivity contribution is 0.483. The van der Waals surface area contributed by atoms with Crippen molar-refractivity contribution in [1.29, 1.82) is 0 Å². The van der Waals surface area contributed by atoms with Crippen LogP contribution in [0.25, 0.3) is 0 Å². The molecule has 0 aliphatic carbocycles. The number of anilines is 1. The van der Waals surface area contributed by atoms with Crippen molar-refractivity contribution < 1.29 is 21.4 Å². The maximum Gasteiger partial charge on any atom is 0.296 e. The minimum Gasteiger partial charge on any atom is -0.282 e. The third-order valence-electron chi connectivity index (χ3n) is 2.80. The third-order valence-corrected chi connectivity index (χ3v) is 5.31. The predicted molar refractivity (Wildman–Crippen MR) is 83.3 cm³/mol. The summed E-state index contributed by atoms with van der Waals surface area (Å²) in [6, 6.07) is 9.44. The van der Waals surface area contributed by atoms with Gasteiger partial charge in [-0.25, -0.2) is 8.42 Å². The zero-order chi connectivity index (χ0) is 16.5. The number of halogens is 1. The second-order valence-corrected chi connectivity index (χ2v) is 8.04. The maximum atomic E-state index is 12.3. The van der Waals surface area contributed by atoms with E-state index in [1.54, 1.807) is 19.1 Å². The fourth-order valence-corrected chi connectivity index (χ4v) is 3.77. The maximum absolute atomic E-state index is 12.3. The van der Waals surface area contributed by atoms with Crippen molar-refractivity contribution in [3.05, 3.63) is 53.1 Å². The number of benzene rings is 2. The summed E-state index contributed by atoms with van der Waals surface area (Å²) in [6.45, 7) is 1.81. The Bertz CT molecular complexity index is 906. The van der Waals surface area contributed by atoms with E-state index in [4.69, 9.17) is 11.6 Å². The van der Waals surface area contributed by atoms with Crippen molar-refractivity contribution in [2.24, 2.45) is 0 Å². The molecule has 0 aromatic heterocycles. The van der Waals surface area contributed by atoms with Crippen molar-refractivity contribution in [2.75, 3.05) is 4.72 Å². The molecule has 2 N–H and O–H groups in total. The molecule has 0 fully saturated rings. The minimum absolute atomic E-state index is 0.0330. The molecule has 0 bridgehead atoms. The molecule has 118 valence electrons. The molecule has 22 heavy (non-hydrogen) atoms. The molecule has 0 heterocycles. The van der Waals surface area contributed by atoms with Crippen LogP contribution in [0.2, 0.25) is 5.02 Å². The number of aryl methyl sites for hydroxylation is 1. The summed E-state index contributed by atoms with van der Waals surface area (Å²) >= 11 is 5.68. The van der Waals surface area contributed by atoms with E-state index in [0.717, 1.165) is 17.7 Å². The second-order valence-electron chi connectivity index (χ2n) is 4.53. The van der Waals surface area contributed by atoms with E-state index < -0.39 is 25.0 Å². The van der Waals surface area contributed by atoms with E-state index in [1.165, 1.54) is 18.2 Å². The van der Waals surface area contributed by atoms with Crippen LogP contribution < -0.4 is 4.72 Å². The highest BCUT2D eigenvalue weighted by molar-refractivity contribution is 7.93. The van der Waals surface area contributed by atoms with Gasteiger partial charge in [0.1, 0.15) is 4.90 Å². The summed E-state index contributed by atoms with van der Waals surface area (Å²) in [5.41, 5.74) is 0.594. The molecule has 2 rings (SSSR count). The van der Waals surface area contributed by atoms with Crippen LogP contribution in [0, 0.1) is 6.92 Å². The first-order valence-corrected chi connectivity index (χ1v) is 9.26. The topological polar surface area (TPSA) is 101 Å². The van der Waals surface area contributed by atoms with Gasteiger partial charge in [-0.3, -0.25) is 9.27 Å². The molecule has 0 radical (unpaired) electrons. The quantitative estimate of drug-likeness (QED) is 0.815. The molecule has 6 nitrogen and oxygen atoms in total. The van der Waals surface area contributed by atoms with Crippen molar-refractivity contribution in [2.45, 2.75) is 16.7 Å². The van der Waals surface area contributed by atoms with Gasteiger partial charge >= 0.3 is 0 Å². The SMILES string of the molecule is Cc1ccc(S(=O)(=O)Nc2ccc(Cl)cc2S(=O)(=O)O)cc1. The second kappa shape index (κ2) is 5.88. The van der Waals surface area contributed by atoms with Crippen LogP contribution in [-0.4, -0.2) is 21.4 Å². The highest BCUT2D eigenvalue weighted by atomic mass is 35.5. The van der Waals surface area contributed by atoms with Crippen molar-refractivity contribution >= 4 is 37.4 Å². The van der Waals surface area contributed by atoms with Gasteiger partial charge in [-0.1, -0.05) is 29.3 Å². The zero-order valence-corrected chi connectivity index (χ0v) is 13.7. The lowest BCUT2D eigenvalue weighted by Crippen LogP contribution is -2.15. The first-order chi connectivity index (χ1) is 10.1. The Hall–Kier alpha value is -1.61. The van der Waals surface area contributed by atoms with Gasteiger partial charge in [-0.05, 0) is 37.3 Å². The summed E-state index contributed by atoms with van der Waals surface area (Å²) in [4.78, 5) is -0.648. The largest absolute Gasteiger partial charge is 0.296 e. The Morgan fingerprint density at radius 1 is 1.00 bits per heavy atom. The van der Waals surface area contributed by atoms with Gasteiger partial charge in [-0.2, -0.15) is 8.42 Å². The Morgan fingerprint density at radius 3 is 2.14 bits per heavy atom. The van der Waals surface area contributed by atoms with Gasteiger partial charge in [0.2, 0.25) is 0 Å². The minimum atomic E-state index is -4.63. The van der Waals surface area contributed by atoms with Crippen LogP contribution in [0.5, 0.6) is 0 Å². The fraction of sp³-hybridized carbons (Fsp3) is 0.0769. The summed E-state index contributed by atoms with van der Waals surface area (Å²) in [5, 5.41) is 0.0471. The van der Waals surface area contributed by atoms with E-state index >= 15 is 0 Å². The Morgan fingerprint density at radius 2 is 1.59 bits per heavy atom. The lowest BCUT2D eigenvalue weighted by atomic mass is 10.2. The van der Waals surface area contributed by atoms with Crippen LogP contribution in [0.15, 0.2) is 52.3 Å². The number of hydrogen-bond donors (Lipinski definition) is 2. The van der Waals surface area contributed by atoms with Crippen LogP contribution in [0.3, 0.4) is 0 Å². The highest BCUT2D eigenvalue weighted by Crippen LogP contribution is 2.27. The molecular weight excluding hydrogens is 350 g/mol. The molecule has 9 heteroatoms. The first kappa shape index (κ1) is 16.8. The fourth-order valence-electron chi connectivity index (χ4n) is 1.72. The monoisotopic (exact) mass is 361 g/mol. The molecule has 0 unspecified atom stereocenters. The number of sulfonamides is 1. The van der Waals surface area contributed by atoms with Gasteiger partial charge in [0, 0.05) is 5.02 Å². The summed E-state index contributed by atoms with van der Waals surface area (Å²) in [5.74, 6) is 0. The molecule has 0 spiro atoms. The Labute approximate surface area is 133 Å². The zero-order valence-electron chi connectivity index (χ0n) is 11.3. The van der Waals surface area contributed by atoms with Crippen LogP contribution >= 0.6 is 11.6 Å². The molecule has 0 saturated carbocycles. The van der Waals surface area contributed by atoms with Crippen LogP contribution in [0.4, 0.5) is 5.69 Å². The van der Waals surface area contributed by atoms with Crippen LogP contribution in [0.1, 0.15) is 5.56 Å². The summed E-state index contributed by atoms with van der Waals surface area (Å²) in [7, 11) is -8.62. The van der Waals surface area contributed by atoms with E-state index in [1.807, 2.05) is 0 Å². The van der Waals surface area contributed by atoms with Crippen molar-refractivity contribution in [3.8, 4) is 0 Å². The summed E-state index contributed by atoms with van der Waals surface area (Å²) in [6.07, 6.45) is 0. The van der Waals surface area contributed by atoms with E-state index in [2.05, 4.69) is 4.72 Å². The van der Waals surface area contributed by atoms with E-state index in [-0.39, 0.29) is 15.6 Å². The third kappa shape index (κ3) is 3.77. The highest BCUT2D eigenvalue weighted by Gasteiger charge is 2.21. The average molecular weight is 362 g/mol. The number of rotatable bonds is 4. The van der Waals surface area contributed by atoms with Gasteiger partial charge in [0.25, 0.3) is 20.1 Å². The normalized spacial score (nSPS) is 12.1. The van der Waals surface area contributed by atoms with E-state index in [0.29, 0.717) is 0 Å². The summed E-state index contributed by atoms with van der Waals surface area (Å²) < 4.78 is 58.5. The van der Waals surface area contributed by atoms with Gasteiger partial charge in [0.05, 0.1) is 10.6 Å². The molecular formula is C13H12ClNO5S2. The molecule has 0 amide bonds. The number of nitrogens with one attached hydrogen (secondary N) is 1. The van der Waals surface area contributed by atoms with Crippen LogP contribution in [-0.2, 0) is 20.1 Å². The van der Waals surface area contributed by atoms with E-state index in [9.17, 15) is 21.4 Å². The lowest BCUT2D eigenvalue weighted by Gasteiger charge is -2.11. The Kier molecular flexibility index (Phi) is 4.48. The smallest absolute Gasteiger partial charge is 0.282 e. The van der Waals surface area contributed by atoms with Gasteiger partial charge in [0.15, 0.2) is 0 Å². The predicted octanol–water partition coefficient (Wildman–Crippen LogP) is 2.70. The Balaban J connectivity index is 2.49. The molecule has 2 aromatic carbocycles. The molecule has 0 aliphatic rings. The first-order valence-electron chi connectivity index (χ1n) is 5.96. The molecule has 0 saturated heterocycles. The van der Waals surface area contributed by atoms with Gasteiger partial charge < -0.3 is 0 Å². The van der Waals surface area contributed by atoms with Crippen molar-refractivity contribution in [3.63, 3.8) is 0 Å². The molecule has 2 aromatic rings. The number of hydrogen-bond acceptors (Lipinski definition) is 4.